The van der Waals surface area contributed by atoms with Gasteiger partial charge in [-0.25, -0.2) is 0 Å². The normalized spacial score (nSPS) is 14.9. The van der Waals surface area contributed by atoms with Crippen LogP contribution in [0.2, 0.25) is 0 Å². The number of carbonyl (C=O) groups is 3. The summed E-state index contributed by atoms with van der Waals surface area (Å²) in [5, 5.41) is 9.88. The predicted octanol–water partition coefficient (Wildman–Crippen LogP) is 4.08. The molecule has 7 nitrogen and oxygen atoms in total. The van der Waals surface area contributed by atoms with Crippen LogP contribution in [0, 0.1) is 18.3 Å². The minimum Gasteiger partial charge on any atom is -0.468 e. The second-order valence-corrected chi connectivity index (χ2v) is 8.21. The Kier molecular flexibility index (Phi) is 5.84. The summed E-state index contributed by atoms with van der Waals surface area (Å²) in [7, 11) is 1.21. The van der Waals surface area contributed by atoms with Gasteiger partial charge in [-0.3, -0.25) is 19.3 Å². The van der Waals surface area contributed by atoms with Crippen LogP contribution in [0.3, 0.4) is 0 Å². The minimum absolute atomic E-state index is 0.252. The van der Waals surface area contributed by atoms with Crippen LogP contribution in [0.5, 0.6) is 0 Å². The van der Waals surface area contributed by atoms with E-state index < -0.39 is 23.7 Å². The van der Waals surface area contributed by atoms with Crippen molar-refractivity contribution in [3.05, 3.63) is 75.8 Å². The lowest BCUT2D eigenvalue weighted by molar-refractivity contribution is -0.143. The number of imide groups is 1. The van der Waals surface area contributed by atoms with E-state index in [2.05, 4.69) is 15.4 Å². The number of esters is 1. The standard InChI is InChI=1S/C24H19N3O4S/c1-15-19(11-21-23(29)27(24(30)32-21)14-22(28)31-2)18-9-5-6-10-20(18)26(15)13-17-8-4-3-7-16(17)12-25/h3-11H,13-14H2,1-2H3/b21-11-. The lowest BCUT2D eigenvalue weighted by Gasteiger charge is -2.10. The van der Waals surface area contributed by atoms with Gasteiger partial charge in [-0.2, -0.15) is 5.26 Å². The van der Waals surface area contributed by atoms with Gasteiger partial charge in [0, 0.05) is 28.7 Å². The van der Waals surface area contributed by atoms with Crippen molar-refractivity contribution in [3.63, 3.8) is 0 Å². The lowest BCUT2D eigenvalue weighted by atomic mass is 10.1. The number of hydrogen-bond donors (Lipinski definition) is 0. The first-order valence-electron chi connectivity index (χ1n) is 9.82. The fraction of sp³-hybridized carbons (Fsp3) is 0.167. The molecule has 0 bridgehead atoms. The Hall–Kier alpha value is -3.83. The highest BCUT2D eigenvalue weighted by atomic mass is 32.2. The zero-order valence-electron chi connectivity index (χ0n) is 17.5. The van der Waals surface area contributed by atoms with Gasteiger partial charge in [-0.15, -0.1) is 0 Å². The summed E-state index contributed by atoms with van der Waals surface area (Å²) in [5.74, 6) is -1.17. The molecule has 0 atom stereocenters. The molecule has 0 radical (unpaired) electrons. The molecule has 0 aliphatic carbocycles. The first-order chi connectivity index (χ1) is 15.4. The third kappa shape index (κ3) is 3.79. The fourth-order valence-electron chi connectivity index (χ4n) is 3.74. The summed E-state index contributed by atoms with van der Waals surface area (Å²) in [6.07, 6.45) is 1.70. The van der Waals surface area contributed by atoms with Gasteiger partial charge in [-0.05, 0) is 42.5 Å². The summed E-state index contributed by atoms with van der Waals surface area (Å²) in [4.78, 5) is 37.8. The van der Waals surface area contributed by atoms with Gasteiger partial charge in [-0.1, -0.05) is 36.4 Å². The number of carbonyl (C=O) groups excluding carboxylic acids is 3. The van der Waals surface area contributed by atoms with Gasteiger partial charge in [0.2, 0.25) is 0 Å². The third-order valence-electron chi connectivity index (χ3n) is 5.41. The number of rotatable bonds is 5. The first-order valence-corrected chi connectivity index (χ1v) is 10.6. The molecular formula is C24H19N3O4S. The van der Waals surface area contributed by atoms with Gasteiger partial charge >= 0.3 is 5.97 Å². The molecule has 1 aliphatic heterocycles. The zero-order chi connectivity index (χ0) is 22.8. The molecule has 1 fully saturated rings. The van der Waals surface area contributed by atoms with E-state index in [9.17, 15) is 19.6 Å². The van der Waals surface area contributed by atoms with Crippen molar-refractivity contribution in [3.8, 4) is 6.07 Å². The molecule has 8 heteroatoms. The van der Waals surface area contributed by atoms with Crippen LogP contribution >= 0.6 is 11.8 Å². The Labute approximate surface area is 188 Å². The number of nitrogens with zero attached hydrogens (tertiary/aromatic N) is 3. The van der Waals surface area contributed by atoms with Crippen molar-refractivity contribution >= 4 is 45.9 Å². The first kappa shape index (κ1) is 21.4. The maximum Gasteiger partial charge on any atom is 0.325 e. The number of methoxy groups -OCH3 is 1. The Balaban J connectivity index is 1.77. The second kappa shape index (κ2) is 8.73. The molecule has 160 valence electrons. The maximum absolute atomic E-state index is 12.8. The number of thioether (sulfide) groups is 1. The molecule has 1 aliphatic rings. The van der Waals surface area contributed by atoms with E-state index in [0.29, 0.717) is 12.1 Å². The van der Waals surface area contributed by atoms with E-state index in [1.54, 1.807) is 12.1 Å². The highest BCUT2D eigenvalue weighted by molar-refractivity contribution is 8.18. The van der Waals surface area contributed by atoms with Crippen LogP contribution in [0.1, 0.15) is 22.4 Å². The van der Waals surface area contributed by atoms with E-state index in [4.69, 9.17) is 0 Å². The minimum atomic E-state index is -0.655. The van der Waals surface area contributed by atoms with Gasteiger partial charge in [0.05, 0.1) is 23.6 Å². The van der Waals surface area contributed by atoms with Crippen molar-refractivity contribution in [2.45, 2.75) is 13.5 Å². The molecule has 1 aromatic heterocycles. The lowest BCUT2D eigenvalue weighted by Crippen LogP contribution is -2.34. The highest BCUT2D eigenvalue weighted by Crippen LogP contribution is 2.35. The third-order valence-corrected chi connectivity index (χ3v) is 6.32. The number of ether oxygens (including phenoxy) is 1. The molecule has 4 rings (SSSR count). The van der Waals surface area contributed by atoms with Crippen LogP contribution in [0.25, 0.3) is 17.0 Å². The summed E-state index contributed by atoms with van der Waals surface area (Å²) < 4.78 is 6.67. The summed E-state index contributed by atoms with van der Waals surface area (Å²) in [6.45, 7) is 2.03. The van der Waals surface area contributed by atoms with Crippen molar-refractivity contribution in [2.24, 2.45) is 0 Å². The molecule has 0 spiro atoms. The highest BCUT2D eigenvalue weighted by Gasteiger charge is 2.37. The number of fused-ring (bicyclic) bond motifs is 1. The second-order valence-electron chi connectivity index (χ2n) is 7.22. The zero-order valence-corrected chi connectivity index (χ0v) is 18.3. The summed E-state index contributed by atoms with van der Waals surface area (Å²) in [6, 6.07) is 17.5. The van der Waals surface area contributed by atoms with E-state index in [0.717, 1.165) is 44.4 Å². The predicted molar refractivity (Wildman–Crippen MR) is 122 cm³/mol. The Morgan fingerprint density at radius 1 is 1.16 bits per heavy atom. The summed E-state index contributed by atoms with van der Waals surface area (Å²) >= 11 is 0.804. The van der Waals surface area contributed by atoms with Crippen molar-refractivity contribution < 1.29 is 19.1 Å². The number of nitriles is 1. The molecule has 2 amide bonds. The number of aromatic nitrogens is 1. The topological polar surface area (TPSA) is 92.4 Å². The van der Waals surface area contributed by atoms with Crippen LogP contribution in [0.4, 0.5) is 4.79 Å². The molecule has 32 heavy (non-hydrogen) atoms. The Bertz CT molecular complexity index is 1330. The van der Waals surface area contributed by atoms with Crippen molar-refractivity contribution in [2.75, 3.05) is 13.7 Å². The van der Waals surface area contributed by atoms with Gasteiger partial charge in [0.15, 0.2) is 0 Å². The van der Waals surface area contributed by atoms with Gasteiger partial charge in [0.1, 0.15) is 6.54 Å². The van der Waals surface area contributed by atoms with Gasteiger partial charge in [0.25, 0.3) is 11.1 Å². The molecule has 0 saturated carbocycles. The number of amides is 2. The van der Waals surface area contributed by atoms with Gasteiger partial charge < -0.3 is 9.30 Å². The van der Waals surface area contributed by atoms with Crippen LogP contribution in [-0.2, 0) is 20.9 Å². The van der Waals surface area contributed by atoms with Crippen LogP contribution < -0.4 is 0 Å². The molecule has 0 N–H and O–H groups in total. The monoisotopic (exact) mass is 445 g/mol. The molecular weight excluding hydrogens is 426 g/mol. The molecule has 2 aromatic carbocycles. The van der Waals surface area contributed by atoms with Crippen LogP contribution in [-0.4, -0.2) is 40.2 Å². The maximum atomic E-state index is 12.8. The average molecular weight is 446 g/mol. The van der Waals surface area contributed by atoms with E-state index in [-0.39, 0.29) is 4.91 Å². The Morgan fingerprint density at radius 2 is 1.88 bits per heavy atom. The summed E-state index contributed by atoms with van der Waals surface area (Å²) in [5.41, 5.74) is 4.18. The molecule has 3 aromatic rings. The van der Waals surface area contributed by atoms with E-state index in [1.807, 2.05) is 49.4 Å². The average Bonchev–Trinajstić information content (AvgIpc) is 3.22. The molecule has 0 unspecified atom stereocenters. The number of benzene rings is 2. The van der Waals surface area contributed by atoms with Crippen molar-refractivity contribution in [1.29, 1.82) is 5.26 Å². The quantitative estimate of drug-likeness (QED) is 0.434. The van der Waals surface area contributed by atoms with E-state index >= 15 is 0 Å². The largest absolute Gasteiger partial charge is 0.468 e. The van der Waals surface area contributed by atoms with E-state index in [1.165, 1.54) is 7.11 Å². The smallest absolute Gasteiger partial charge is 0.325 e. The fourth-order valence-corrected chi connectivity index (χ4v) is 4.56. The van der Waals surface area contributed by atoms with Crippen LogP contribution in [0.15, 0.2) is 53.4 Å². The Morgan fingerprint density at radius 3 is 2.62 bits per heavy atom. The van der Waals surface area contributed by atoms with Crippen molar-refractivity contribution in [1.82, 2.24) is 9.47 Å². The molecule has 1 saturated heterocycles. The number of para-hydroxylation sites is 1. The number of hydrogen-bond acceptors (Lipinski definition) is 6. The SMILES string of the molecule is COC(=O)CN1C(=O)S/C(=C\c2c(C)n(Cc3ccccc3C#N)c3ccccc23)C1=O. The molecule has 2 heterocycles.